The number of rotatable bonds is 4. The molecule has 3 nitrogen and oxygen atoms in total. The van der Waals surface area contributed by atoms with Crippen molar-refractivity contribution < 1.29 is 5.11 Å². The van der Waals surface area contributed by atoms with E-state index in [4.69, 9.17) is 5.11 Å². The van der Waals surface area contributed by atoms with Gasteiger partial charge in [0, 0.05) is 17.2 Å². The molecule has 72 valence electrons. The molecule has 1 atom stereocenters. The van der Waals surface area contributed by atoms with E-state index in [1.165, 1.54) is 0 Å². The van der Waals surface area contributed by atoms with Gasteiger partial charge in [0.15, 0.2) is 0 Å². The van der Waals surface area contributed by atoms with E-state index in [0.717, 1.165) is 23.3 Å². The van der Waals surface area contributed by atoms with Crippen molar-refractivity contribution in [2.45, 2.75) is 19.4 Å². The van der Waals surface area contributed by atoms with Crippen molar-refractivity contribution in [3.8, 4) is 0 Å². The number of hydrogen-bond donors (Lipinski definition) is 2. The van der Waals surface area contributed by atoms with Crippen molar-refractivity contribution in [1.29, 1.82) is 0 Å². The molecule has 0 fully saturated rings. The molecule has 0 saturated carbocycles. The summed E-state index contributed by atoms with van der Waals surface area (Å²) in [6, 6.07) is 3.78. The van der Waals surface area contributed by atoms with Gasteiger partial charge in [-0.15, -0.1) is 0 Å². The Labute approximate surface area is 86.3 Å². The maximum atomic E-state index is 9.02. The summed E-state index contributed by atoms with van der Waals surface area (Å²) in [6.07, 6.45) is 2.20. The SMILES string of the molecule is C[C@H](O)CCNc1cc(Br)ccn1. The molecule has 0 aromatic carbocycles. The fourth-order valence-corrected chi connectivity index (χ4v) is 1.25. The van der Waals surface area contributed by atoms with Gasteiger partial charge in [-0.1, -0.05) is 15.9 Å². The average molecular weight is 245 g/mol. The van der Waals surface area contributed by atoms with Crippen molar-refractivity contribution in [3.63, 3.8) is 0 Å². The molecule has 0 spiro atoms. The summed E-state index contributed by atoms with van der Waals surface area (Å²) in [5, 5.41) is 12.1. The Balaban J connectivity index is 2.37. The van der Waals surface area contributed by atoms with Crippen LogP contribution in [-0.2, 0) is 0 Å². The summed E-state index contributed by atoms with van der Waals surface area (Å²) in [5.74, 6) is 0.829. The van der Waals surface area contributed by atoms with Gasteiger partial charge in [0.05, 0.1) is 6.10 Å². The fraction of sp³-hybridized carbons (Fsp3) is 0.444. The minimum atomic E-state index is -0.264. The van der Waals surface area contributed by atoms with Crippen LogP contribution in [0.4, 0.5) is 5.82 Å². The maximum absolute atomic E-state index is 9.02. The quantitative estimate of drug-likeness (QED) is 0.853. The molecule has 4 heteroatoms. The molecule has 1 heterocycles. The van der Waals surface area contributed by atoms with E-state index in [0.29, 0.717) is 0 Å². The molecule has 0 bridgehead atoms. The summed E-state index contributed by atoms with van der Waals surface area (Å²) in [4.78, 5) is 4.11. The molecule has 0 amide bonds. The van der Waals surface area contributed by atoms with Gasteiger partial charge in [0.25, 0.3) is 0 Å². The number of anilines is 1. The van der Waals surface area contributed by atoms with Crippen molar-refractivity contribution in [3.05, 3.63) is 22.8 Å². The van der Waals surface area contributed by atoms with E-state index < -0.39 is 0 Å². The highest BCUT2D eigenvalue weighted by atomic mass is 79.9. The third-order valence-electron chi connectivity index (χ3n) is 1.59. The number of hydrogen-bond acceptors (Lipinski definition) is 3. The number of aromatic nitrogens is 1. The summed E-state index contributed by atoms with van der Waals surface area (Å²) in [6.45, 7) is 2.51. The third kappa shape index (κ3) is 4.24. The molecule has 0 aliphatic heterocycles. The minimum absolute atomic E-state index is 0.264. The minimum Gasteiger partial charge on any atom is -0.393 e. The molecule has 0 unspecified atom stereocenters. The van der Waals surface area contributed by atoms with E-state index in [1.807, 2.05) is 12.1 Å². The van der Waals surface area contributed by atoms with Crippen LogP contribution in [0.5, 0.6) is 0 Å². The molecule has 1 aromatic rings. The van der Waals surface area contributed by atoms with Gasteiger partial charge in [0.2, 0.25) is 0 Å². The lowest BCUT2D eigenvalue weighted by molar-refractivity contribution is 0.188. The standard InChI is InChI=1S/C9H13BrN2O/c1-7(13)2-4-11-9-6-8(10)3-5-12-9/h3,5-7,13H,2,4H2,1H3,(H,11,12)/t7-/m0/s1. The first kappa shape index (κ1) is 10.5. The summed E-state index contributed by atoms with van der Waals surface area (Å²) in [5.41, 5.74) is 0. The molecule has 2 N–H and O–H groups in total. The highest BCUT2D eigenvalue weighted by molar-refractivity contribution is 9.10. The highest BCUT2D eigenvalue weighted by Gasteiger charge is 1.96. The summed E-state index contributed by atoms with van der Waals surface area (Å²) >= 11 is 3.35. The molecular weight excluding hydrogens is 232 g/mol. The Morgan fingerprint density at radius 1 is 1.69 bits per heavy atom. The molecule has 13 heavy (non-hydrogen) atoms. The second-order valence-corrected chi connectivity index (χ2v) is 3.84. The Morgan fingerprint density at radius 2 is 2.46 bits per heavy atom. The van der Waals surface area contributed by atoms with Gasteiger partial charge in [-0.25, -0.2) is 4.98 Å². The largest absolute Gasteiger partial charge is 0.393 e. The van der Waals surface area contributed by atoms with Crippen LogP contribution in [0.25, 0.3) is 0 Å². The molecule has 0 aliphatic carbocycles. The zero-order valence-corrected chi connectivity index (χ0v) is 9.08. The molecule has 0 aliphatic rings. The van der Waals surface area contributed by atoms with Crippen LogP contribution in [0.3, 0.4) is 0 Å². The molecule has 1 rings (SSSR count). The zero-order chi connectivity index (χ0) is 9.68. The van der Waals surface area contributed by atoms with Gasteiger partial charge in [-0.05, 0) is 25.5 Å². The Kier molecular flexibility index (Phi) is 4.18. The Hall–Kier alpha value is -0.610. The predicted molar refractivity (Wildman–Crippen MR) is 56.7 cm³/mol. The first-order valence-electron chi connectivity index (χ1n) is 4.22. The zero-order valence-electron chi connectivity index (χ0n) is 7.50. The summed E-state index contributed by atoms with van der Waals surface area (Å²) in [7, 11) is 0. The lowest BCUT2D eigenvalue weighted by Gasteiger charge is -2.06. The van der Waals surface area contributed by atoms with E-state index in [9.17, 15) is 0 Å². The van der Waals surface area contributed by atoms with Gasteiger partial charge < -0.3 is 10.4 Å². The monoisotopic (exact) mass is 244 g/mol. The van der Waals surface area contributed by atoms with E-state index >= 15 is 0 Å². The van der Waals surface area contributed by atoms with E-state index in [2.05, 4.69) is 26.2 Å². The molecular formula is C9H13BrN2O. The lowest BCUT2D eigenvalue weighted by atomic mass is 10.3. The number of aliphatic hydroxyl groups excluding tert-OH is 1. The van der Waals surface area contributed by atoms with Gasteiger partial charge in [-0.2, -0.15) is 0 Å². The maximum Gasteiger partial charge on any atom is 0.127 e. The predicted octanol–water partition coefficient (Wildman–Crippen LogP) is 2.03. The van der Waals surface area contributed by atoms with Crippen LogP contribution in [-0.4, -0.2) is 22.7 Å². The van der Waals surface area contributed by atoms with Crippen LogP contribution in [0.15, 0.2) is 22.8 Å². The van der Waals surface area contributed by atoms with Crippen molar-refractivity contribution in [1.82, 2.24) is 4.98 Å². The average Bonchev–Trinajstić information content (AvgIpc) is 2.03. The van der Waals surface area contributed by atoms with Crippen LogP contribution in [0.2, 0.25) is 0 Å². The van der Waals surface area contributed by atoms with Crippen LogP contribution in [0, 0.1) is 0 Å². The van der Waals surface area contributed by atoms with Gasteiger partial charge in [-0.3, -0.25) is 0 Å². The van der Waals surface area contributed by atoms with Crippen LogP contribution < -0.4 is 5.32 Å². The number of nitrogens with zero attached hydrogens (tertiary/aromatic N) is 1. The first-order chi connectivity index (χ1) is 6.18. The second-order valence-electron chi connectivity index (χ2n) is 2.92. The summed E-state index contributed by atoms with van der Waals surface area (Å²) < 4.78 is 1.00. The van der Waals surface area contributed by atoms with E-state index in [1.54, 1.807) is 13.1 Å². The normalized spacial score (nSPS) is 12.5. The van der Waals surface area contributed by atoms with Crippen LogP contribution in [0.1, 0.15) is 13.3 Å². The van der Waals surface area contributed by atoms with Crippen molar-refractivity contribution in [2.24, 2.45) is 0 Å². The Bertz CT molecular complexity index is 266. The first-order valence-corrected chi connectivity index (χ1v) is 5.01. The lowest BCUT2D eigenvalue weighted by Crippen LogP contribution is -2.10. The fourth-order valence-electron chi connectivity index (χ4n) is 0.911. The molecule has 0 radical (unpaired) electrons. The highest BCUT2D eigenvalue weighted by Crippen LogP contribution is 2.12. The number of pyridine rings is 1. The third-order valence-corrected chi connectivity index (χ3v) is 2.08. The second kappa shape index (κ2) is 5.19. The van der Waals surface area contributed by atoms with Crippen molar-refractivity contribution in [2.75, 3.05) is 11.9 Å². The van der Waals surface area contributed by atoms with E-state index in [-0.39, 0.29) is 6.10 Å². The number of nitrogens with one attached hydrogen (secondary N) is 1. The molecule has 1 aromatic heterocycles. The van der Waals surface area contributed by atoms with Crippen molar-refractivity contribution >= 4 is 21.7 Å². The topological polar surface area (TPSA) is 45.1 Å². The number of halogens is 1. The van der Waals surface area contributed by atoms with Gasteiger partial charge in [0.1, 0.15) is 5.82 Å². The van der Waals surface area contributed by atoms with Gasteiger partial charge >= 0.3 is 0 Å². The molecule has 0 saturated heterocycles. The van der Waals surface area contributed by atoms with Crippen LogP contribution >= 0.6 is 15.9 Å². The smallest absolute Gasteiger partial charge is 0.127 e. The Morgan fingerprint density at radius 3 is 3.08 bits per heavy atom. The number of aliphatic hydroxyl groups is 1.